The molecule has 2 rings (SSSR count). The van der Waals surface area contributed by atoms with Crippen LogP contribution in [0.1, 0.15) is 5.56 Å². The molecular weight excluding hydrogens is 298 g/mol. The molecule has 0 bridgehead atoms. The third-order valence-corrected chi connectivity index (χ3v) is 3.61. The van der Waals surface area contributed by atoms with Gasteiger partial charge in [0.1, 0.15) is 5.00 Å². The number of carbonyl (C=O) groups is 2. The first-order valence-corrected chi connectivity index (χ1v) is 6.99. The van der Waals surface area contributed by atoms with Crippen molar-refractivity contribution in [1.82, 2.24) is 5.32 Å². The molecule has 7 heteroatoms. The molecule has 1 aromatic heterocycles. The Morgan fingerprint density at radius 3 is 2.50 bits per heavy atom. The monoisotopic (exact) mass is 309 g/mol. The van der Waals surface area contributed by atoms with Crippen LogP contribution in [0, 0.1) is 0 Å². The van der Waals surface area contributed by atoms with E-state index in [9.17, 15) is 9.59 Å². The van der Waals surface area contributed by atoms with Gasteiger partial charge in [0.15, 0.2) is 0 Å². The molecule has 0 radical (unpaired) electrons. The number of urea groups is 2. The molecule has 20 heavy (non-hydrogen) atoms. The minimum Gasteiger partial charge on any atom is -0.351 e. The Balaban J connectivity index is 2.02. The van der Waals surface area contributed by atoms with Crippen molar-refractivity contribution < 1.29 is 9.59 Å². The van der Waals surface area contributed by atoms with E-state index in [4.69, 9.17) is 17.3 Å². The molecule has 3 N–H and O–H groups in total. The van der Waals surface area contributed by atoms with Gasteiger partial charge in [0.25, 0.3) is 0 Å². The number of carbonyl (C=O) groups excluding carboxylic acids is 2. The van der Waals surface area contributed by atoms with Crippen molar-refractivity contribution in [3.8, 4) is 0 Å². The Bertz CT molecular complexity index is 599. The number of thiophene rings is 1. The average Bonchev–Trinajstić information content (AvgIpc) is 2.91. The largest absolute Gasteiger partial charge is 0.351 e. The number of halogens is 1. The Hall–Kier alpha value is -2.05. The zero-order valence-corrected chi connectivity index (χ0v) is 11.9. The standard InChI is InChI=1S/C13H12ClN3O2S/c14-10-5-3-9(4-6-10)8-16-13(19)17(12(15)18)11-2-1-7-20-11/h1-7H,8H2,(H2,15,18)(H,16,19). The van der Waals surface area contributed by atoms with Gasteiger partial charge in [0.05, 0.1) is 0 Å². The molecule has 0 aliphatic heterocycles. The summed E-state index contributed by atoms with van der Waals surface area (Å²) in [7, 11) is 0. The predicted molar refractivity (Wildman–Crippen MR) is 80.1 cm³/mol. The van der Waals surface area contributed by atoms with Gasteiger partial charge in [-0.1, -0.05) is 23.7 Å². The van der Waals surface area contributed by atoms with E-state index in [1.165, 1.54) is 11.3 Å². The summed E-state index contributed by atoms with van der Waals surface area (Å²) in [6.07, 6.45) is 0. The Kier molecular flexibility index (Phi) is 4.60. The second-order valence-electron chi connectivity index (χ2n) is 3.91. The second-order valence-corrected chi connectivity index (χ2v) is 5.27. The fraction of sp³-hybridized carbons (Fsp3) is 0.0769. The van der Waals surface area contributed by atoms with Crippen LogP contribution in [0.2, 0.25) is 5.02 Å². The van der Waals surface area contributed by atoms with E-state index in [0.29, 0.717) is 10.0 Å². The van der Waals surface area contributed by atoms with E-state index in [1.807, 2.05) is 0 Å². The fourth-order valence-electron chi connectivity index (χ4n) is 1.56. The van der Waals surface area contributed by atoms with Gasteiger partial charge in [-0.25, -0.2) is 14.5 Å². The van der Waals surface area contributed by atoms with Crippen LogP contribution >= 0.6 is 22.9 Å². The molecule has 1 aromatic carbocycles. The first-order valence-electron chi connectivity index (χ1n) is 5.73. The number of benzene rings is 1. The van der Waals surface area contributed by atoms with Crippen molar-refractivity contribution in [2.75, 3.05) is 4.90 Å². The van der Waals surface area contributed by atoms with E-state index in [-0.39, 0.29) is 6.54 Å². The van der Waals surface area contributed by atoms with E-state index in [1.54, 1.807) is 41.8 Å². The van der Waals surface area contributed by atoms with Gasteiger partial charge < -0.3 is 11.1 Å². The molecular formula is C13H12ClN3O2S. The van der Waals surface area contributed by atoms with Crippen LogP contribution in [0.5, 0.6) is 0 Å². The molecule has 0 saturated carbocycles. The quantitative estimate of drug-likeness (QED) is 0.913. The number of primary amides is 1. The Labute approximate surface area is 124 Å². The number of imide groups is 1. The lowest BCUT2D eigenvalue weighted by atomic mass is 10.2. The SMILES string of the molecule is NC(=O)N(C(=O)NCc1ccc(Cl)cc1)c1cccs1. The highest BCUT2D eigenvalue weighted by atomic mass is 35.5. The second kappa shape index (κ2) is 6.40. The molecule has 4 amide bonds. The normalized spacial score (nSPS) is 10.1. The molecule has 0 saturated heterocycles. The number of rotatable bonds is 3. The van der Waals surface area contributed by atoms with Crippen LogP contribution in [-0.4, -0.2) is 12.1 Å². The first-order chi connectivity index (χ1) is 9.58. The molecule has 1 heterocycles. The van der Waals surface area contributed by atoms with E-state index in [0.717, 1.165) is 10.5 Å². The summed E-state index contributed by atoms with van der Waals surface area (Å²) in [5, 5.41) is 5.50. The van der Waals surface area contributed by atoms with E-state index < -0.39 is 12.1 Å². The average molecular weight is 310 g/mol. The Morgan fingerprint density at radius 2 is 1.95 bits per heavy atom. The van der Waals surface area contributed by atoms with Crippen molar-refractivity contribution in [2.45, 2.75) is 6.54 Å². The van der Waals surface area contributed by atoms with Gasteiger partial charge in [-0.15, -0.1) is 11.3 Å². The van der Waals surface area contributed by atoms with Crippen molar-refractivity contribution in [3.63, 3.8) is 0 Å². The van der Waals surface area contributed by atoms with Crippen LogP contribution < -0.4 is 16.0 Å². The van der Waals surface area contributed by atoms with Crippen molar-refractivity contribution >= 4 is 40.0 Å². The van der Waals surface area contributed by atoms with Crippen molar-refractivity contribution in [3.05, 3.63) is 52.4 Å². The number of nitrogens with two attached hydrogens (primary N) is 1. The highest BCUT2D eigenvalue weighted by molar-refractivity contribution is 7.14. The molecule has 0 fully saturated rings. The summed E-state index contributed by atoms with van der Waals surface area (Å²) in [4.78, 5) is 24.3. The maximum atomic E-state index is 12.0. The smallest absolute Gasteiger partial charge is 0.331 e. The lowest BCUT2D eigenvalue weighted by Crippen LogP contribution is -2.46. The summed E-state index contributed by atoms with van der Waals surface area (Å²) < 4.78 is 0. The lowest BCUT2D eigenvalue weighted by Gasteiger charge is -2.17. The maximum Gasteiger partial charge on any atom is 0.331 e. The molecule has 5 nitrogen and oxygen atoms in total. The minimum atomic E-state index is -0.818. The highest BCUT2D eigenvalue weighted by Crippen LogP contribution is 2.21. The minimum absolute atomic E-state index is 0.283. The summed E-state index contributed by atoms with van der Waals surface area (Å²) in [5.41, 5.74) is 6.11. The number of hydrogen-bond acceptors (Lipinski definition) is 3. The van der Waals surface area contributed by atoms with Gasteiger partial charge in [0.2, 0.25) is 0 Å². The summed E-state index contributed by atoms with van der Waals surface area (Å²) >= 11 is 7.04. The number of nitrogens with one attached hydrogen (secondary N) is 1. The van der Waals surface area contributed by atoms with E-state index >= 15 is 0 Å². The number of nitrogens with zero attached hydrogens (tertiary/aromatic N) is 1. The van der Waals surface area contributed by atoms with Gasteiger partial charge in [-0.2, -0.15) is 0 Å². The zero-order chi connectivity index (χ0) is 14.5. The van der Waals surface area contributed by atoms with Gasteiger partial charge >= 0.3 is 12.1 Å². The third kappa shape index (κ3) is 3.49. The number of hydrogen-bond donors (Lipinski definition) is 2. The van der Waals surface area contributed by atoms with Crippen molar-refractivity contribution in [2.24, 2.45) is 5.73 Å². The van der Waals surface area contributed by atoms with Gasteiger partial charge in [-0.3, -0.25) is 0 Å². The van der Waals surface area contributed by atoms with Gasteiger partial charge in [0, 0.05) is 11.6 Å². The third-order valence-electron chi connectivity index (χ3n) is 2.51. The predicted octanol–water partition coefficient (Wildman–Crippen LogP) is 3.20. The topological polar surface area (TPSA) is 75.4 Å². The highest BCUT2D eigenvalue weighted by Gasteiger charge is 2.21. The molecule has 0 aliphatic rings. The molecule has 104 valence electrons. The molecule has 0 atom stereocenters. The van der Waals surface area contributed by atoms with Crippen LogP contribution in [0.15, 0.2) is 41.8 Å². The number of amides is 4. The molecule has 0 unspecified atom stereocenters. The Morgan fingerprint density at radius 1 is 1.25 bits per heavy atom. The molecule has 0 aliphatic carbocycles. The fourth-order valence-corrected chi connectivity index (χ4v) is 2.42. The summed E-state index contributed by atoms with van der Waals surface area (Å²) in [6.45, 7) is 0.283. The summed E-state index contributed by atoms with van der Waals surface area (Å²) in [5.74, 6) is 0. The van der Waals surface area contributed by atoms with Gasteiger partial charge in [-0.05, 0) is 35.2 Å². The molecule has 0 spiro atoms. The van der Waals surface area contributed by atoms with Crippen LogP contribution in [0.3, 0.4) is 0 Å². The molecule has 2 aromatic rings. The number of anilines is 1. The van der Waals surface area contributed by atoms with Crippen LogP contribution in [-0.2, 0) is 6.54 Å². The first kappa shape index (κ1) is 14.4. The lowest BCUT2D eigenvalue weighted by molar-refractivity contribution is 0.238. The van der Waals surface area contributed by atoms with Crippen LogP contribution in [0.4, 0.5) is 14.6 Å². The van der Waals surface area contributed by atoms with Crippen molar-refractivity contribution in [1.29, 1.82) is 0 Å². The zero-order valence-electron chi connectivity index (χ0n) is 10.4. The van der Waals surface area contributed by atoms with Crippen LogP contribution in [0.25, 0.3) is 0 Å². The van der Waals surface area contributed by atoms with E-state index in [2.05, 4.69) is 5.32 Å². The summed E-state index contributed by atoms with van der Waals surface area (Å²) in [6, 6.07) is 9.06. The maximum absolute atomic E-state index is 12.0.